The number of anilines is 2. The van der Waals surface area contributed by atoms with Gasteiger partial charge in [-0.25, -0.2) is 0 Å². The number of benzene rings is 2. The van der Waals surface area contributed by atoms with Crippen molar-refractivity contribution < 1.29 is 4.79 Å². The molecule has 0 saturated carbocycles. The number of nitrogens with zero attached hydrogens (tertiary/aromatic N) is 1. The van der Waals surface area contributed by atoms with Gasteiger partial charge < -0.3 is 10.6 Å². The Labute approximate surface area is 135 Å². The molecule has 0 fully saturated rings. The van der Waals surface area contributed by atoms with E-state index in [1.807, 2.05) is 55.5 Å². The normalized spacial score (nSPS) is 10.5. The summed E-state index contributed by atoms with van der Waals surface area (Å²) in [5, 5.41) is 7.22. The van der Waals surface area contributed by atoms with E-state index < -0.39 is 0 Å². The number of hydrogen-bond acceptors (Lipinski definition) is 3. The Morgan fingerprint density at radius 1 is 1.09 bits per heavy atom. The van der Waals surface area contributed by atoms with Crippen molar-refractivity contribution in [2.75, 3.05) is 17.2 Å². The van der Waals surface area contributed by atoms with E-state index in [4.69, 9.17) is 0 Å². The molecule has 2 N–H and O–H groups in total. The third-order valence-electron chi connectivity index (χ3n) is 3.61. The highest BCUT2D eigenvalue weighted by Crippen LogP contribution is 2.20. The molecule has 116 valence electrons. The average Bonchev–Trinajstić information content (AvgIpc) is 2.55. The SMILES string of the molecule is Cc1cccc(NCCC(=O)Nc2cccc3cccnc23)c1. The van der Waals surface area contributed by atoms with Crippen LogP contribution >= 0.6 is 0 Å². The number of rotatable bonds is 5. The summed E-state index contributed by atoms with van der Waals surface area (Å²) in [6.07, 6.45) is 2.13. The van der Waals surface area contributed by atoms with Crippen molar-refractivity contribution in [3.8, 4) is 0 Å². The monoisotopic (exact) mass is 305 g/mol. The smallest absolute Gasteiger partial charge is 0.226 e. The number of amides is 1. The Balaban J connectivity index is 1.59. The van der Waals surface area contributed by atoms with Crippen molar-refractivity contribution in [2.24, 2.45) is 0 Å². The van der Waals surface area contributed by atoms with Crippen molar-refractivity contribution in [3.63, 3.8) is 0 Å². The van der Waals surface area contributed by atoms with Gasteiger partial charge in [0.15, 0.2) is 0 Å². The maximum Gasteiger partial charge on any atom is 0.226 e. The number of aryl methyl sites for hydroxylation is 1. The van der Waals surface area contributed by atoms with Crippen molar-refractivity contribution in [2.45, 2.75) is 13.3 Å². The highest BCUT2D eigenvalue weighted by atomic mass is 16.1. The van der Waals surface area contributed by atoms with Crippen LogP contribution in [0.3, 0.4) is 0 Å². The van der Waals surface area contributed by atoms with Crippen LogP contribution in [0.4, 0.5) is 11.4 Å². The molecule has 4 heteroatoms. The Kier molecular flexibility index (Phi) is 4.52. The lowest BCUT2D eigenvalue weighted by Gasteiger charge is -2.09. The first-order valence-electron chi connectivity index (χ1n) is 7.66. The predicted molar refractivity (Wildman–Crippen MR) is 94.7 cm³/mol. The molecule has 0 unspecified atom stereocenters. The Bertz CT molecular complexity index is 824. The topological polar surface area (TPSA) is 54.0 Å². The van der Waals surface area contributed by atoms with Gasteiger partial charge in [0.25, 0.3) is 0 Å². The molecule has 0 bridgehead atoms. The van der Waals surface area contributed by atoms with Gasteiger partial charge in [-0.3, -0.25) is 9.78 Å². The minimum absolute atomic E-state index is 0.0247. The largest absolute Gasteiger partial charge is 0.385 e. The van der Waals surface area contributed by atoms with Crippen LogP contribution in [-0.2, 0) is 4.79 Å². The van der Waals surface area contributed by atoms with Crippen LogP contribution in [0.25, 0.3) is 10.9 Å². The third-order valence-corrected chi connectivity index (χ3v) is 3.61. The number of fused-ring (bicyclic) bond motifs is 1. The zero-order chi connectivity index (χ0) is 16.1. The Hall–Kier alpha value is -2.88. The number of aromatic nitrogens is 1. The summed E-state index contributed by atoms with van der Waals surface area (Å²) >= 11 is 0. The van der Waals surface area contributed by atoms with E-state index in [-0.39, 0.29) is 5.91 Å². The summed E-state index contributed by atoms with van der Waals surface area (Å²) in [6.45, 7) is 2.64. The molecule has 0 saturated heterocycles. The minimum Gasteiger partial charge on any atom is -0.385 e. The standard InChI is InChI=1S/C19H19N3O/c1-14-5-2-8-16(13-14)20-12-10-18(23)22-17-9-3-6-15-7-4-11-21-19(15)17/h2-9,11,13,20H,10,12H2,1H3,(H,22,23). The van der Waals surface area contributed by atoms with Gasteiger partial charge >= 0.3 is 0 Å². The van der Waals surface area contributed by atoms with E-state index in [9.17, 15) is 4.79 Å². The van der Waals surface area contributed by atoms with Gasteiger partial charge in [0.1, 0.15) is 0 Å². The van der Waals surface area contributed by atoms with Crippen molar-refractivity contribution in [1.82, 2.24) is 4.98 Å². The molecule has 0 aliphatic heterocycles. The number of pyridine rings is 1. The maximum absolute atomic E-state index is 12.1. The summed E-state index contributed by atoms with van der Waals surface area (Å²) in [5.74, 6) is -0.0247. The van der Waals surface area contributed by atoms with Crippen LogP contribution in [0.2, 0.25) is 0 Å². The van der Waals surface area contributed by atoms with Gasteiger partial charge in [0, 0.05) is 30.2 Å². The summed E-state index contributed by atoms with van der Waals surface area (Å²) in [5.41, 5.74) is 3.80. The van der Waals surface area contributed by atoms with Gasteiger partial charge in [-0.15, -0.1) is 0 Å². The lowest BCUT2D eigenvalue weighted by atomic mass is 10.2. The Morgan fingerprint density at radius 3 is 2.78 bits per heavy atom. The van der Waals surface area contributed by atoms with E-state index >= 15 is 0 Å². The van der Waals surface area contributed by atoms with Crippen LogP contribution in [0, 0.1) is 6.92 Å². The quantitative estimate of drug-likeness (QED) is 0.749. The number of carbonyl (C=O) groups is 1. The first kappa shape index (κ1) is 15.0. The zero-order valence-electron chi connectivity index (χ0n) is 13.0. The van der Waals surface area contributed by atoms with Gasteiger partial charge in [0.05, 0.1) is 11.2 Å². The van der Waals surface area contributed by atoms with E-state index in [0.29, 0.717) is 13.0 Å². The number of para-hydroxylation sites is 1. The van der Waals surface area contributed by atoms with Crippen molar-refractivity contribution in [1.29, 1.82) is 0 Å². The fourth-order valence-electron chi connectivity index (χ4n) is 2.49. The lowest BCUT2D eigenvalue weighted by Crippen LogP contribution is -2.16. The first-order chi connectivity index (χ1) is 11.2. The number of carbonyl (C=O) groups excluding carboxylic acids is 1. The molecular formula is C19H19N3O. The highest BCUT2D eigenvalue weighted by Gasteiger charge is 2.06. The predicted octanol–water partition coefficient (Wildman–Crippen LogP) is 3.98. The third kappa shape index (κ3) is 3.86. The van der Waals surface area contributed by atoms with Crippen LogP contribution < -0.4 is 10.6 Å². The maximum atomic E-state index is 12.1. The van der Waals surface area contributed by atoms with Gasteiger partial charge in [0.2, 0.25) is 5.91 Å². The van der Waals surface area contributed by atoms with Gasteiger partial charge in [-0.1, -0.05) is 30.3 Å². The average molecular weight is 305 g/mol. The van der Waals surface area contributed by atoms with Crippen molar-refractivity contribution in [3.05, 3.63) is 66.4 Å². The molecule has 0 spiro atoms. The molecule has 1 amide bonds. The van der Waals surface area contributed by atoms with E-state index in [1.165, 1.54) is 5.56 Å². The minimum atomic E-state index is -0.0247. The molecule has 0 atom stereocenters. The number of nitrogens with one attached hydrogen (secondary N) is 2. The van der Waals surface area contributed by atoms with Gasteiger partial charge in [-0.2, -0.15) is 0 Å². The molecule has 0 radical (unpaired) electrons. The van der Waals surface area contributed by atoms with E-state index in [2.05, 4.69) is 21.7 Å². The zero-order valence-corrected chi connectivity index (χ0v) is 13.0. The molecule has 1 aromatic heterocycles. The molecule has 3 aromatic rings. The first-order valence-corrected chi connectivity index (χ1v) is 7.66. The van der Waals surface area contributed by atoms with Crippen LogP contribution in [0.5, 0.6) is 0 Å². The summed E-state index contributed by atoms with van der Waals surface area (Å²) in [7, 11) is 0. The van der Waals surface area contributed by atoms with Crippen LogP contribution in [0.1, 0.15) is 12.0 Å². The van der Waals surface area contributed by atoms with Crippen LogP contribution in [-0.4, -0.2) is 17.4 Å². The molecular weight excluding hydrogens is 286 g/mol. The molecule has 23 heavy (non-hydrogen) atoms. The second-order valence-corrected chi connectivity index (χ2v) is 5.48. The molecule has 1 heterocycles. The molecule has 3 rings (SSSR count). The molecule has 4 nitrogen and oxygen atoms in total. The fraction of sp³-hybridized carbons (Fsp3) is 0.158. The summed E-state index contributed by atoms with van der Waals surface area (Å²) < 4.78 is 0. The Morgan fingerprint density at radius 2 is 1.91 bits per heavy atom. The van der Waals surface area contributed by atoms with Crippen LogP contribution in [0.15, 0.2) is 60.8 Å². The second-order valence-electron chi connectivity index (χ2n) is 5.48. The number of hydrogen-bond donors (Lipinski definition) is 2. The second kappa shape index (κ2) is 6.92. The lowest BCUT2D eigenvalue weighted by molar-refractivity contribution is -0.115. The molecule has 2 aromatic carbocycles. The van der Waals surface area contributed by atoms with Gasteiger partial charge in [-0.05, 0) is 36.8 Å². The summed E-state index contributed by atoms with van der Waals surface area (Å²) in [4.78, 5) is 16.5. The molecule has 0 aliphatic carbocycles. The van der Waals surface area contributed by atoms with E-state index in [0.717, 1.165) is 22.3 Å². The fourth-order valence-corrected chi connectivity index (χ4v) is 2.49. The molecule has 0 aliphatic rings. The highest BCUT2D eigenvalue weighted by molar-refractivity contribution is 6.00. The van der Waals surface area contributed by atoms with E-state index in [1.54, 1.807) is 6.20 Å². The van der Waals surface area contributed by atoms with Crippen molar-refractivity contribution >= 4 is 28.2 Å². The summed E-state index contributed by atoms with van der Waals surface area (Å²) in [6, 6.07) is 17.8.